The number of aryl methyl sites for hydroxylation is 1. The lowest BCUT2D eigenvalue weighted by Gasteiger charge is -2.16. The third-order valence-corrected chi connectivity index (χ3v) is 3.63. The molecule has 110 valence electrons. The Labute approximate surface area is 122 Å². The van der Waals surface area contributed by atoms with Crippen LogP contribution < -0.4 is 4.74 Å². The molecule has 0 spiro atoms. The molecule has 1 atom stereocenters. The Morgan fingerprint density at radius 1 is 1.48 bits per heavy atom. The van der Waals surface area contributed by atoms with Gasteiger partial charge < -0.3 is 14.2 Å². The van der Waals surface area contributed by atoms with Crippen molar-refractivity contribution in [1.82, 2.24) is 15.0 Å². The fraction of sp³-hybridized carbons (Fsp3) is 0.400. The standard InChI is InChI=1S/C15H17N3O3/c1-10-16-15(17-21-10)12-7-14(19)18(9-12)8-11-4-3-5-13(6-11)20-2/h3-6,12H,7-9H2,1-2H3. The number of carbonyl (C=O) groups excluding carboxylic acids is 1. The molecule has 0 saturated carbocycles. The summed E-state index contributed by atoms with van der Waals surface area (Å²) < 4.78 is 10.2. The molecule has 21 heavy (non-hydrogen) atoms. The van der Waals surface area contributed by atoms with E-state index < -0.39 is 0 Å². The van der Waals surface area contributed by atoms with Crippen molar-refractivity contribution in [2.75, 3.05) is 13.7 Å². The molecule has 0 N–H and O–H groups in total. The Morgan fingerprint density at radius 3 is 3.05 bits per heavy atom. The predicted octanol–water partition coefficient (Wildman–Crippen LogP) is 1.90. The van der Waals surface area contributed by atoms with E-state index in [2.05, 4.69) is 10.1 Å². The highest BCUT2D eigenvalue weighted by atomic mass is 16.5. The zero-order chi connectivity index (χ0) is 14.8. The first-order valence-electron chi connectivity index (χ1n) is 6.86. The van der Waals surface area contributed by atoms with Crippen LogP contribution in [0.25, 0.3) is 0 Å². The monoisotopic (exact) mass is 287 g/mol. The lowest BCUT2D eigenvalue weighted by Crippen LogP contribution is -2.24. The fourth-order valence-electron chi connectivity index (χ4n) is 2.57. The van der Waals surface area contributed by atoms with Gasteiger partial charge in [0.2, 0.25) is 11.8 Å². The Kier molecular flexibility index (Phi) is 3.60. The van der Waals surface area contributed by atoms with Crippen molar-refractivity contribution in [2.24, 2.45) is 0 Å². The minimum Gasteiger partial charge on any atom is -0.497 e. The lowest BCUT2D eigenvalue weighted by atomic mass is 10.1. The van der Waals surface area contributed by atoms with Gasteiger partial charge in [-0.3, -0.25) is 4.79 Å². The molecule has 1 aromatic heterocycles. The molecular formula is C15H17N3O3. The molecule has 1 fully saturated rings. The minimum absolute atomic E-state index is 0.0144. The molecular weight excluding hydrogens is 270 g/mol. The number of nitrogens with zero attached hydrogens (tertiary/aromatic N) is 3. The van der Waals surface area contributed by atoms with Crippen LogP contribution in [-0.2, 0) is 11.3 Å². The number of ether oxygens (including phenoxy) is 1. The highest BCUT2D eigenvalue weighted by molar-refractivity contribution is 5.79. The largest absolute Gasteiger partial charge is 0.497 e. The third kappa shape index (κ3) is 2.89. The summed E-state index contributed by atoms with van der Waals surface area (Å²) in [5.74, 6) is 2.08. The number of aromatic nitrogens is 2. The molecule has 2 aromatic rings. The summed E-state index contributed by atoms with van der Waals surface area (Å²) in [5.41, 5.74) is 1.05. The van der Waals surface area contributed by atoms with E-state index in [0.717, 1.165) is 11.3 Å². The third-order valence-electron chi connectivity index (χ3n) is 3.63. The molecule has 1 aliphatic heterocycles. The second-order valence-corrected chi connectivity index (χ2v) is 5.20. The van der Waals surface area contributed by atoms with Crippen molar-refractivity contribution in [2.45, 2.75) is 25.8 Å². The molecule has 0 bridgehead atoms. The van der Waals surface area contributed by atoms with E-state index in [1.54, 1.807) is 14.0 Å². The zero-order valence-electron chi connectivity index (χ0n) is 12.1. The molecule has 1 saturated heterocycles. The maximum absolute atomic E-state index is 12.1. The zero-order valence-corrected chi connectivity index (χ0v) is 12.1. The maximum Gasteiger partial charge on any atom is 0.223 e. The maximum atomic E-state index is 12.1. The predicted molar refractivity (Wildman–Crippen MR) is 74.8 cm³/mol. The Morgan fingerprint density at radius 2 is 2.33 bits per heavy atom. The Balaban J connectivity index is 1.70. The number of amides is 1. The van der Waals surface area contributed by atoms with Crippen LogP contribution in [0.1, 0.15) is 29.6 Å². The van der Waals surface area contributed by atoms with E-state index in [-0.39, 0.29) is 11.8 Å². The summed E-state index contributed by atoms with van der Waals surface area (Å²) in [6.45, 7) is 2.94. The number of hydrogen-bond acceptors (Lipinski definition) is 5. The van der Waals surface area contributed by atoms with Crippen LogP contribution in [0, 0.1) is 6.92 Å². The number of benzene rings is 1. The average molecular weight is 287 g/mol. The normalized spacial score (nSPS) is 18.3. The van der Waals surface area contributed by atoms with Crippen molar-refractivity contribution >= 4 is 5.91 Å². The van der Waals surface area contributed by atoms with Gasteiger partial charge in [0.15, 0.2) is 5.82 Å². The number of likely N-dealkylation sites (tertiary alicyclic amines) is 1. The summed E-state index contributed by atoms with van der Waals surface area (Å²) in [5, 5.41) is 3.92. The van der Waals surface area contributed by atoms with Crippen LogP contribution in [0.5, 0.6) is 5.75 Å². The van der Waals surface area contributed by atoms with Crippen LogP contribution in [0.2, 0.25) is 0 Å². The average Bonchev–Trinajstić information content (AvgIpc) is 3.06. The molecule has 1 aromatic carbocycles. The van der Waals surface area contributed by atoms with E-state index >= 15 is 0 Å². The minimum atomic E-state index is 0.0144. The summed E-state index contributed by atoms with van der Waals surface area (Å²) >= 11 is 0. The van der Waals surface area contributed by atoms with Crippen LogP contribution in [0.4, 0.5) is 0 Å². The van der Waals surface area contributed by atoms with Gasteiger partial charge in [-0.25, -0.2) is 0 Å². The molecule has 0 radical (unpaired) electrons. The number of hydrogen-bond donors (Lipinski definition) is 0. The quantitative estimate of drug-likeness (QED) is 0.859. The first kappa shape index (κ1) is 13.6. The summed E-state index contributed by atoms with van der Waals surface area (Å²) in [7, 11) is 1.63. The van der Waals surface area contributed by atoms with E-state index in [9.17, 15) is 4.79 Å². The molecule has 1 aliphatic rings. The van der Waals surface area contributed by atoms with Crippen molar-refractivity contribution < 1.29 is 14.1 Å². The van der Waals surface area contributed by atoms with Gasteiger partial charge in [-0.05, 0) is 17.7 Å². The molecule has 2 heterocycles. The summed E-state index contributed by atoms with van der Waals surface area (Å²) in [6, 6.07) is 7.75. The van der Waals surface area contributed by atoms with Crippen molar-refractivity contribution in [3.05, 3.63) is 41.5 Å². The Hall–Kier alpha value is -2.37. The van der Waals surface area contributed by atoms with Gasteiger partial charge in [0.25, 0.3) is 0 Å². The van der Waals surface area contributed by atoms with Gasteiger partial charge in [0, 0.05) is 32.4 Å². The van der Waals surface area contributed by atoms with Crippen molar-refractivity contribution in [3.63, 3.8) is 0 Å². The van der Waals surface area contributed by atoms with Crippen LogP contribution in [0.3, 0.4) is 0 Å². The highest BCUT2D eigenvalue weighted by Crippen LogP contribution is 2.27. The van der Waals surface area contributed by atoms with Crippen LogP contribution in [0.15, 0.2) is 28.8 Å². The molecule has 1 unspecified atom stereocenters. The smallest absolute Gasteiger partial charge is 0.223 e. The fourth-order valence-corrected chi connectivity index (χ4v) is 2.57. The molecule has 0 aliphatic carbocycles. The number of methoxy groups -OCH3 is 1. The SMILES string of the molecule is COc1cccc(CN2CC(c3noc(C)n3)CC2=O)c1. The van der Waals surface area contributed by atoms with Gasteiger partial charge in [0.1, 0.15) is 5.75 Å². The van der Waals surface area contributed by atoms with Crippen LogP contribution in [-0.4, -0.2) is 34.6 Å². The van der Waals surface area contributed by atoms with Gasteiger partial charge in [0.05, 0.1) is 7.11 Å². The van der Waals surface area contributed by atoms with E-state index in [1.807, 2.05) is 29.2 Å². The molecule has 6 nitrogen and oxygen atoms in total. The second kappa shape index (κ2) is 5.55. The summed E-state index contributed by atoms with van der Waals surface area (Å²) in [4.78, 5) is 18.2. The van der Waals surface area contributed by atoms with E-state index in [4.69, 9.17) is 9.26 Å². The molecule has 3 rings (SSSR count). The first-order chi connectivity index (χ1) is 10.2. The van der Waals surface area contributed by atoms with E-state index in [0.29, 0.717) is 31.2 Å². The first-order valence-corrected chi connectivity index (χ1v) is 6.86. The Bertz CT molecular complexity index is 653. The molecule has 1 amide bonds. The molecule has 6 heteroatoms. The van der Waals surface area contributed by atoms with Gasteiger partial charge in [-0.1, -0.05) is 17.3 Å². The number of carbonyl (C=O) groups is 1. The van der Waals surface area contributed by atoms with Gasteiger partial charge in [-0.15, -0.1) is 0 Å². The number of rotatable bonds is 4. The van der Waals surface area contributed by atoms with Gasteiger partial charge >= 0.3 is 0 Å². The van der Waals surface area contributed by atoms with Crippen molar-refractivity contribution in [1.29, 1.82) is 0 Å². The van der Waals surface area contributed by atoms with Gasteiger partial charge in [-0.2, -0.15) is 4.98 Å². The highest BCUT2D eigenvalue weighted by Gasteiger charge is 2.33. The van der Waals surface area contributed by atoms with E-state index in [1.165, 1.54) is 0 Å². The summed E-state index contributed by atoms with van der Waals surface area (Å²) in [6.07, 6.45) is 0.433. The van der Waals surface area contributed by atoms with Crippen LogP contribution >= 0.6 is 0 Å². The second-order valence-electron chi connectivity index (χ2n) is 5.20. The topological polar surface area (TPSA) is 68.5 Å². The lowest BCUT2D eigenvalue weighted by molar-refractivity contribution is -0.128. The van der Waals surface area contributed by atoms with Crippen molar-refractivity contribution in [3.8, 4) is 5.75 Å².